The van der Waals surface area contributed by atoms with Crippen LogP contribution in [0.15, 0.2) is 36.4 Å². The van der Waals surface area contributed by atoms with Gasteiger partial charge in [0.1, 0.15) is 17.3 Å². The first-order chi connectivity index (χ1) is 9.11. The molecule has 0 aliphatic rings. The summed E-state index contributed by atoms with van der Waals surface area (Å²) in [4.78, 5) is 0. The Kier molecular flexibility index (Phi) is 4.64. The fourth-order valence-electron chi connectivity index (χ4n) is 1.69. The second-order valence-electron chi connectivity index (χ2n) is 3.93. The summed E-state index contributed by atoms with van der Waals surface area (Å²) in [7, 11) is 0. The number of benzene rings is 2. The van der Waals surface area contributed by atoms with E-state index in [0.29, 0.717) is 29.5 Å². The Labute approximate surface area is 120 Å². The first kappa shape index (κ1) is 14.1. The number of rotatable bonds is 4. The molecule has 0 atom stereocenters. The molecule has 0 fully saturated rings. The average Bonchev–Trinajstić information content (AvgIpc) is 2.38. The lowest BCUT2D eigenvalue weighted by Gasteiger charge is -2.12. The predicted octanol–water partition coefficient (Wildman–Crippen LogP) is 4.43. The van der Waals surface area contributed by atoms with Gasteiger partial charge in [-0.15, -0.1) is 0 Å². The van der Waals surface area contributed by atoms with Gasteiger partial charge in [0.2, 0.25) is 0 Å². The summed E-state index contributed by atoms with van der Waals surface area (Å²) in [6.45, 7) is 0.453. The van der Waals surface area contributed by atoms with E-state index in [1.807, 2.05) is 0 Å². The zero-order valence-electron chi connectivity index (χ0n) is 10.00. The third-order valence-corrected chi connectivity index (χ3v) is 3.25. The molecule has 0 bridgehead atoms. The highest BCUT2D eigenvalue weighted by molar-refractivity contribution is 6.31. The number of nitrogens with two attached hydrogens (primary N) is 1. The number of halogens is 3. The van der Waals surface area contributed by atoms with Gasteiger partial charge in [0.05, 0.1) is 5.02 Å². The molecule has 0 aromatic heterocycles. The van der Waals surface area contributed by atoms with Gasteiger partial charge in [-0.25, -0.2) is 4.39 Å². The molecule has 2 rings (SSSR count). The van der Waals surface area contributed by atoms with Crippen LogP contribution < -0.4 is 10.5 Å². The van der Waals surface area contributed by atoms with E-state index >= 15 is 0 Å². The third-order valence-electron chi connectivity index (χ3n) is 2.59. The van der Waals surface area contributed by atoms with Crippen LogP contribution in [-0.2, 0) is 6.42 Å². The fourth-order valence-corrected chi connectivity index (χ4v) is 2.07. The van der Waals surface area contributed by atoms with Crippen molar-refractivity contribution in [1.82, 2.24) is 0 Å². The van der Waals surface area contributed by atoms with Gasteiger partial charge in [-0.2, -0.15) is 0 Å². The number of ether oxygens (including phenoxy) is 1. The molecule has 19 heavy (non-hydrogen) atoms. The van der Waals surface area contributed by atoms with Crippen LogP contribution in [0.5, 0.6) is 11.5 Å². The van der Waals surface area contributed by atoms with Gasteiger partial charge in [0.25, 0.3) is 0 Å². The minimum absolute atomic E-state index is 0.0561. The minimum atomic E-state index is -0.526. The SMILES string of the molecule is NCCc1c(Cl)cccc1Oc1ccc(Cl)c(F)c1. The Balaban J connectivity index is 2.32. The minimum Gasteiger partial charge on any atom is -0.457 e. The topological polar surface area (TPSA) is 35.2 Å². The number of hydrogen-bond acceptors (Lipinski definition) is 2. The van der Waals surface area contributed by atoms with Crippen LogP contribution in [0.3, 0.4) is 0 Å². The van der Waals surface area contributed by atoms with Crippen molar-refractivity contribution in [1.29, 1.82) is 0 Å². The smallest absolute Gasteiger partial charge is 0.145 e. The van der Waals surface area contributed by atoms with E-state index < -0.39 is 5.82 Å². The lowest BCUT2D eigenvalue weighted by Crippen LogP contribution is -2.04. The molecule has 5 heteroatoms. The van der Waals surface area contributed by atoms with Crippen LogP contribution in [0.2, 0.25) is 10.0 Å². The summed E-state index contributed by atoms with van der Waals surface area (Å²) in [6.07, 6.45) is 0.588. The molecule has 0 spiro atoms. The van der Waals surface area contributed by atoms with E-state index in [2.05, 4.69) is 0 Å². The van der Waals surface area contributed by atoms with Crippen LogP contribution in [-0.4, -0.2) is 6.54 Å². The average molecular weight is 300 g/mol. The summed E-state index contributed by atoms with van der Waals surface area (Å²) in [6, 6.07) is 9.57. The second-order valence-corrected chi connectivity index (χ2v) is 4.75. The van der Waals surface area contributed by atoms with E-state index in [-0.39, 0.29) is 5.02 Å². The molecule has 2 nitrogen and oxygen atoms in total. The zero-order valence-corrected chi connectivity index (χ0v) is 11.5. The maximum absolute atomic E-state index is 13.4. The quantitative estimate of drug-likeness (QED) is 0.906. The van der Waals surface area contributed by atoms with Crippen molar-refractivity contribution in [3.8, 4) is 11.5 Å². The first-order valence-electron chi connectivity index (χ1n) is 5.72. The van der Waals surface area contributed by atoms with E-state index in [9.17, 15) is 4.39 Å². The van der Waals surface area contributed by atoms with Gasteiger partial charge in [-0.1, -0.05) is 29.3 Å². The highest BCUT2D eigenvalue weighted by Crippen LogP contribution is 2.31. The molecule has 2 aromatic rings. The van der Waals surface area contributed by atoms with Crippen molar-refractivity contribution in [2.45, 2.75) is 6.42 Å². The molecule has 2 N–H and O–H groups in total. The van der Waals surface area contributed by atoms with Gasteiger partial charge in [0, 0.05) is 16.7 Å². The normalized spacial score (nSPS) is 10.5. The fraction of sp³-hybridized carbons (Fsp3) is 0.143. The van der Waals surface area contributed by atoms with E-state index in [1.54, 1.807) is 24.3 Å². The van der Waals surface area contributed by atoms with Crippen LogP contribution >= 0.6 is 23.2 Å². The summed E-state index contributed by atoms with van der Waals surface area (Å²) in [5.41, 5.74) is 6.35. The Morgan fingerprint density at radius 2 is 1.89 bits per heavy atom. The maximum Gasteiger partial charge on any atom is 0.145 e. The molecule has 0 aliphatic heterocycles. The lowest BCUT2D eigenvalue weighted by atomic mass is 10.1. The van der Waals surface area contributed by atoms with Crippen LogP contribution in [0, 0.1) is 5.82 Å². The summed E-state index contributed by atoms with van der Waals surface area (Å²) in [5.74, 6) is 0.406. The standard InChI is InChI=1S/C14H12Cl2FNO/c15-11-2-1-3-14(10(11)6-7-18)19-9-4-5-12(16)13(17)8-9/h1-5,8H,6-7,18H2. The molecule has 0 amide bonds. The molecule has 0 saturated heterocycles. The summed E-state index contributed by atoms with van der Waals surface area (Å²) < 4.78 is 19.0. The van der Waals surface area contributed by atoms with Gasteiger partial charge in [-0.05, 0) is 37.2 Å². The van der Waals surface area contributed by atoms with Gasteiger partial charge >= 0.3 is 0 Å². The second kappa shape index (κ2) is 6.24. The predicted molar refractivity (Wildman–Crippen MR) is 75.7 cm³/mol. The maximum atomic E-state index is 13.4. The molecule has 100 valence electrons. The third kappa shape index (κ3) is 3.38. The Morgan fingerprint density at radius 3 is 2.58 bits per heavy atom. The molecule has 0 saturated carbocycles. The van der Waals surface area contributed by atoms with Crippen LogP contribution in [0.1, 0.15) is 5.56 Å². The summed E-state index contributed by atoms with van der Waals surface area (Å²) in [5, 5.41) is 0.637. The van der Waals surface area contributed by atoms with Crippen molar-refractivity contribution in [3.05, 3.63) is 57.8 Å². The summed E-state index contributed by atoms with van der Waals surface area (Å²) >= 11 is 11.7. The van der Waals surface area contributed by atoms with Crippen molar-refractivity contribution < 1.29 is 9.13 Å². The molecule has 0 aliphatic carbocycles. The van der Waals surface area contributed by atoms with E-state index in [4.69, 9.17) is 33.7 Å². The lowest BCUT2D eigenvalue weighted by molar-refractivity contribution is 0.471. The van der Waals surface area contributed by atoms with Crippen LogP contribution in [0.4, 0.5) is 4.39 Å². The molecule has 0 radical (unpaired) electrons. The Hall–Kier alpha value is -1.29. The first-order valence-corrected chi connectivity index (χ1v) is 6.47. The largest absolute Gasteiger partial charge is 0.457 e. The number of hydrogen-bond donors (Lipinski definition) is 1. The molecular weight excluding hydrogens is 288 g/mol. The van der Waals surface area contributed by atoms with Gasteiger partial charge in [-0.3, -0.25) is 0 Å². The van der Waals surface area contributed by atoms with E-state index in [0.717, 1.165) is 5.56 Å². The Morgan fingerprint density at radius 1 is 1.11 bits per heavy atom. The van der Waals surface area contributed by atoms with E-state index in [1.165, 1.54) is 12.1 Å². The van der Waals surface area contributed by atoms with Crippen molar-refractivity contribution in [2.75, 3.05) is 6.54 Å². The molecule has 0 unspecified atom stereocenters. The molecule has 0 heterocycles. The van der Waals surface area contributed by atoms with Gasteiger partial charge < -0.3 is 10.5 Å². The molecule has 2 aromatic carbocycles. The van der Waals surface area contributed by atoms with Crippen molar-refractivity contribution in [3.63, 3.8) is 0 Å². The van der Waals surface area contributed by atoms with Gasteiger partial charge in [0.15, 0.2) is 0 Å². The van der Waals surface area contributed by atoms with Crippen LogP contribution in [0.25, 0.3) is 0 Å². The van der Waals surface area contributed by atoms with Crippen molar-refractivity contribution >= 4 is 23.2 Å². The highest BCUT2D eigenvalue weighted by Gasteiger charge is 2.09. The monoisotopic (exact) mass is 299 g/mol. The highest BCUT2D eigenvalue weighted by atomic mass is 35.5. The Bertz CT molecular complexity index is 590. The zero-order chi connectivity index (χ0) is 13.8. The molecular formula is C14H12Cl2FNO. The van der Waals surface area contributed by atoms with Crippen molar-refractivity contribution in [2.24, 2.45) is 5.73 Å².